The Bertz CT molecular complexity index is 1050. The van der Waals surface area contributed by atoms with E-state index in [1.165, 1.54) is 30.1 Å². The Labute approximate surface area is 183 Å². The number of hydrogen-bond acceptors (Lipinski definition) is 5. The van der Waals surface area contributed by atoms with Crippen LogP contribution in [0, 0.1) is 12.7 Å². The van der Waals surface area contributed by atoms with E-state index >= 15 is 0 Å². The largest absolute Gasteiger partial charge is 0.390 e. The molecule has 31 heavy (non-hydrogen) atoms. The summed E-state index contributed by atoms with van der Waals surface area (Å²) >= 11 is 1.18. The van der Waals surface area contributed by atoms with Gasteiger partial charge in [-0.15, -0.1) is 0 Å². The number of amides is 2. The maximum absolute atomic E-state index is 13.0. The zero-order valence-electron chi connectivity index (χ0n) is 17.0. The van der Waals surface area contributed by atoms with Crippen molar-refractivity contribution >= 4 is 29.3 Å². The molecule has 2 amide bonds. The van der Waals surface area contributed by atoms with Crippen molar-refractivity contribution in [2.45, 2.75) is 31.8 Å². The zero-order chi connectivity index (χ0) is 22.2. The monoisotopic (exact) mass is 442 g/mol. The normalized spacial score (nSPS) is 10.7. The number of nitrogens with one attached hydrogen (secondary N) is 2. The minimum Gasteiger partial charge on any atom is -0.390 e. The lowest BCUT2D eigenvalue weighted by Crippen LogP contribution is -2.28. The molecule has 0 fully saturated rings. The van der Waals surface area contributed by atoms with Crippen LogP contribution in [0.15, 0.2) is 59.9 Å². The molecular formula is C22H23FN4O3S. The van der Waals surface area contributed by atoms with Crippen molar-refractivity contribution in [1.29, 1.82) is 0 Å². The second-order valence-electron chi connectivity index (χ2n) is 6.89. The van der Waals surface area contributed by atoms with Crippen molar-refractivity contribution in [3.63, 3.8) is 0 Å². The highest BCUT2D eigenvalue weighted by atomic mass is 32.2. The van der Waals surface area contributed by atoms with Crippen LogP contribution in [0.25, 0.3) is 0 Å². The number of aliphatic hydroxyl groups excluding tert-OH is 1. The van der Waals surface area contributed by atoms with Crippen molar-refractivity contribution in [2.75, 3.05) is 11.1 Å². The van der Waals surface area contributed by atoms with Crippen LogP contribution in [0.2, 0.25) is 0 Å². The Morgan fingerprint density at radius 1 is 1.16 bits per heavy atom. The first-order valence-electron chi connectivity index (χ1n) is 9.60. The third kappa shape index (κ3) is 6.66. The van der Waals surface area contributed by atoms with Crippen molar-refractivity contribution in [3.05, 3.63) is 77.4 Å². The highest BCUT2D eigenvalue weighted by molar-refractivity contribution is 7.99. The van der Waals surface area contributed by atoms with Gasteiger partial charge in [-0.05, 0) is 42.3 Å². The van der Waals surface area contributed by atoms with E-state index in [0.29, 0.717) is 16.5 Å². The minimum absolute atomic E-state index is 0.0566. The number of anilines is 1. The summed E-state index contributed by atoms with van der Waals surface area (Å²) in [5.74, 6) is -0.721. The molecule has 0 spiro atoms. The highest BCUT2D eigenvalue weighted by Gasteiger charge is 2.15. The minimum atomic E-state index is -0.339. The quantitative estimate of drug-likeness (QED) is 0.443. The summed E-state index contributed by atoms with van der Waals surface area (Å²) in [5, 5.41) is 15.6. The molecule has 0 unspecified atom stereocenters. The van der Waals surface area contributed by atoms with Gasteiger partial charge in [-0.25, -0.2) is 9.37 Å². The fraction of sp³-hybridized carbons (Fsp3) is 0.227. The molecule has 0 saturated carbocycles. The molecule has 0 atom stereocenters. The maximum atomic E-state index is 13.0. The molecule has 2 aromatic carbocycles. The summed E-state index contributed by atoms with van der Waals surface area (Å²) in [6.07, 6.45) is 1.48. The van der Waals surface area contributed by atoms with Crippen LogP contribution in [0.5, 0.6) is 0 Å². The molecule has 3 N–H and O–H groups in total. The second kappa shape index (κ2) is 10.7. The Morgan fingerprint density at radius 3 is 2.65 bits per heavy atom. The maximum Gasteiger partial charge on any atom is 0.240 e. The van der Waals surface area contributed by atoms with Crippen molar-refractivity contribution in [2.24, 2.45) is 0 Å². The summed E-state index contributed by atoms with van der Waals surface area (Å²) < 4.78 is 14.6. The van der Waals surface area contributed by atoms with Gasteiger partial charge in [0.15, 0.2) is 5.16 Å². The molecule has 0 saturated heterocycles. The predicted molar refractivity (Wildman–Crippen MR) is 117 cm³/mol. The molecule has 1 heterocycles. The number of imidazole rings is 1. The smallest absolute Gasteiger partial charge is 0.240 e. The molecular weight excluding hydrogens is 419 g/mol. The number of hydrogen-bond donors (Lipinski definition) is 3. The molecule has 0 aliphatic heterocycles. The molecule has 9 heteroatoms. The fourth-order valence-electron chi connectivity index (χ4n) is 2.85. The van der Waals surface area contributed by atoms with Crippen molar-refractivity contribution in [1.82, 2.24) is 14.9 Å². The predicted octanol–water partition coefficient (Wildman–Crippen LogP) is 2.87. The van der Waals surface area contributed by atoms with Gasteiger partial charge in [0.1, 0.15) is 12.4 Å². The Morgan fingerprint density at radius 2 is 1.94 bits per heavy atom. The van der Waals surface area contributed by atoms with Gasteiger partial charge < -0.3 is 20.3 Å². The zero-order valence-corrected chi connectivity index (χ0v) is 17.8. The number of benzene rings is 2. The average molecular weight is 443 g/mol. The van der Waals surface area contributed by atoms with E-state index < -0.39 is 0 Å². The molecule has 0 bridgehead atoms. The number of halogens is 1. The van der Waals surface area contributed by atoms with E-state index in [1.54, 1.807) is 16.7 Å². The Kier molecular flexibility index (Phi) is 7.80. The number of aryl methyl sites for hydroxylation is 1. The highest BCUT2D eigenvalue weighted by Crippen LogP contribution is 2.19. The Balaban J connectivity index is 1.57. The molecule has 1 aromatic heterocycles. The van der Waals surface area contributed by atoms with E-state index in [9.17, 15) is 19.1 Å². The average Bonchev–Trinajstić information content (AvgIpc) is 3.13. The standard InChI is InChI=1S/C22H23FN4O3S/c1-15-3-2-4-18(9-15)26-21(30)14-31-22-25-11-19(13-28)27(22)12-20(29)24-10-16-5-7-17(23)8-6-16/h2-9,11,28H,10,12-14H2,1H3,(H,24,29)(H,26,30). The van der Waals surface area contributed by atoms with E-state index in [1.807, 2.05) is 31.2 Å². The number of nitrogens with zero attached hydrogens (tertiary/aromatic N) is 2. The van der Waals surface area contributed by atoms with E-state index in [-0.39, 0.29) is 43.1 Å². The Hall–Kier alpha value is -3.17. The number of aromatic nitrogens is 2. The first kappa shape index (κ1) is 22.5. The van der Waals surface area contributed by atoms with Crippen LogP contribution in [0.1, 0.15) is 16.8 Å². The topological polar surface area (TPSA) is 96.2 Å². The lowest BCUT2D eigenvalue weighted by molar-refractivity contribution is -0.122. The van der Waals surface area contributed by atoms with Crippen molar-refractivity contribution < 1.29 is 19.1 Å². The van der Waals surface area contributed by atoms with Crippen LogP contribution < -0.4 is 10.6 Å². The molecule has 162 valence electrons. The molecule has 0 radical (unpaired) electrons. The summed E-state index contributed by atoms with van der Waals surface area (Å²) in [6.45, 7) is 1.86. The third-order valence-corrected chi connectivity index (χ3v) is 5.39. The van der Waals surface area contributed by atoms with Gasteiger partial charge in [0.25, 0.3) is 0 Å². The van der Waals surface area contributed by atoms with Crippen LogP contribution in [0.3, 0.4) is 0 Å². The molecule has 0 aliphatic carbocycles. The number of aliphatic hydroxyl groups is 1. The van der Waals surface area contributed by atoms with Gasteiger partial charge in [-0.2, -0.15) is 0 Å². The first-order valence-corrected chi connectivity index (χ1v) is 10.6. The second-order valence-corrected chi connectivity index (χ2v) is 7.83. The number of rotatable bonds is 9. The summed E-state index contributed by atoms with van der Waals surface area (Å²) in [6, 6.07) is 13.3. The van der Waals surface area contributed by atoms with Gasteiger partial charge >= 0.3 is 0 Å². The van der Waals surface area contributed by atoms with Crippen LogP contribution in [-0.4, -0.2) is 32.2 Å². The molecule has 3 rings (SSSR count). The summed E-state index contributed by atoms with van der Waals surface area (Å²) in [5.41, 5.74) is 2.99. The summed E-state index contributed by atoms with van der Waals surface area (Å²) in [7, 11) is 0. The van der Waals surface area contributed by atoms with E-state index in [2.05, 4.69) is 15.6 Å². The molecule has 7 nitrogen and oxygen atoms in total. The van der Waals surface area contributed by atoms with Crippen molar-refractivity contribution in [3.8, 4) is 0 Å². The first-order chi connectivity index (χ1) is 14.9. The number of carbonyl (C=O) groups is 2. The van der Waals surface area contributed by atoms with Crippen LogP contribution in [0.4, 0.5) is 10.1 Å². The van der Waals surface area contributed by atoms with Crippen LogP contribution in [-0.2, 0) is 29.3 Å². The third-order valence-electron chi connectivity index (χ3n) is 4.40. The van der Waals surface area contributed by atoms with E-state index in [0.717, 1.165) is 11.1 Å². The van der Waals surface area contributed by atoms with Gasteiger partial charge in [0.05, 0.1) is 24.3 Å². The fourth-order valence-corrected chi connectivity index (χ4v) is 3.65. The van der Waals surface area contributed by atoms with Gasteiger partial charge in [0.2, 0.25) is 11.8 Å². The number of thioether (sulfide) groups is 1. The lowest BCUT2D eigenvalue weighted by atomic mass is 10.2. The summed E-state index contributed by atoms with van der Waals surface area (Å²) in [4.78, 5) is 28.9. The molecule has 0 aliphatic rings. The SMILES string of the molecule is Cc1cccc(NC(=O)CSc2ncc(CO)n2CC(=O)NCc2ccc(F)cc2)c1. The van der Waals surface area contributed by atoms with E-state index in [4.69, 9.17) is 0 Å². The van der Waals surface area contributed by atoms with Gasteiger partial charge in [0, 0.05) is 12.2 Å². The van der Waals surface area contributed by atoms with Gasteiger partial charge in [-0.3, -0.25) is 9.59 Å². The molecule has 3 aromatic rings. The number of carbonyl (C=O) groups excluding carboxylic acids is 2. The van der Waals surface area contributed by atoms with Gasteiger partial charge in [-0.1, -0.05) is 36.0 Å². The lowest BCUT2D eigenvalue weighted by Gasteiger charge is -2.11. The van der Waals surface area contributed by atoms with Crippen LogP contribution >= 0.6 is 11.8 Å².